The van der Waals surface area contributed by atoms with Crippen LogP contribution in [-0.2, 0) is 37.7 Å². The number of hydrogen-bond donors (Lipinski definition) is 2. The average molecular weight is 723 g/mol. The van der Waals surface area contributed by atoms with Gasteiger partial charge in [-0.25, -0.2) is 9.59 Å². The van der Waals surface area contributed by atoms with Gasteiger partial charge in [-0.3, -0.25) is 19.3 Å². The smallest absolute Gasteiger partial charge is 0.414 e. The van der Waals surface area contributed by atoms with Crippen LogP contribution in [0.25, 0.3) is 0 Å². The van der Waals surface area contributed by atoms with Crippen molar-refractivity contribution in [2.24, 2.45) is 11.8 Å². The van der Waals surface area contributed by atoms with Crippen molar-refractivity contribution < 1.29 is 38.8 Å². The summed E-state index contributed by atoms with van der Waals surface area (Å²) in [4.78, 5) is 44.6. The van der Waals surface area contributed by atoms with Crippen LogP contribution in [0.2, 0.25) is 0 Å². The highest BCUT2D eigenvalue weighted by Gasteiger charge is 2.65. The number of fused-ring (bicyclic) bond motifs is 2. The molecular formula is C39H42N6O8. The van der Waals surface area contributed by atoms with E-state index in [0.29, 0.717) is 66.5 Å². The second kappa shape index (κ2) is 13.3. The van der Waals surface area contributed by atoms with E-state index in [1.54, 1.807) is 39.4 Å². The van der Waals surface area contributed by atoms with Crippen LogP contribution in [0.15, 0.2) is 79.0 Å². The number of anilines is 3. The van der Waals surface area contributed by atoms with Crippen molar-refractivity contribution in [3.05, 3.63) is 101 Å². The van der Waals surface area contributed by atoms with Gasteiger partial charge < -0.3 is 29.3 Å². The fourth-order valence-corrected chi connectivity index (χ4v) is 8.49. The minimum absolute atomic E-state index is 0.225. The molecule has 4 aromatic rings. The van der Waals surface area contributed by atoms with Gasteiger partial charge >= 0.3 is 12.2 Å². The summed E-state index contributed by atoms with van der Waals surface area (Å²) in [5.41, 5.74) is 1.81. The van der Waals surface area contributed by atoms with E-state index in [-0.39, 0.29) is 19.1 Å². The van der Waals surface area contributed by atoms with Crippen molar-refractivity contribution in [1.82, 2.24) is 15.0 Å². The van der Waals surface area contributed by atoms with E-state index >= 15 is 4.79 Å². The highest BCUT2D eigenvalue weighted by Crippen LogP contribution is 2.58. The van der Waals surface area contributed by atoms with Crippen LogP contribution in [0.5, 0.6) is 0 Å². The maximum atomic E-state index is 15.0. The SMILES string of the molecule is C[C@H]1[C@H](C(C)(C)O)[C@@H](CCn2cc([C@H](O)c3ccccc3)nn2)O[C@]12C(=O)N(Cc1ccc(N3CCOC3=O)cc1)c1ccc(N3CCOC3=O)cc12. The summed E-state index contributed by atoms with van der Waals surface area (Å²) in [6.07, 6.45) is -0.270. The van der Waals surface area contributed by atoms with Gasteiger partial charge in [0.05, 0.1) is 43.2 Å². The number of rotatable bonds is 10. The summed E-state index contributed by atoms with van der Waals surface area (Å²) in [6, 6.07) is 22.2. The van der Waals surface area contributed by atoms with Gasteiger partial charge in [0, 0.05) is 35.3 Å². The molecule has 0 saturated carbocycles. The zero-order valence-electron chi connectivity index (χ0n) is 29.8. The summed E-state index contributed by atoms with van der Waals surface area (Å²) in [7, 11) is 0. The lowest BCUT2D eigenvalue weighted by molar-refractivity contribution is -0.146. The zero-order valence-corrected chi connectivity index (χ0v) is 29.8. The van der Waals surface area contributed by atoms with Crippen LogP contribution in [0.3, 0.4) is 0 Å². The fourth-order valence-electron chi connectivity index (χ4n) is 8.49. The van der Waals surface area contributed by atoms with Gasteiger partial charge in [-0.15, -0.1) is 5.10 Å². The number of hydrogen-bond acceptors (Lipinski definition) is 10. The van der Waals surface area contributed by atoms with Crippen molar-refractivity contribution in [3.8, 4) is 0 Å². The minimum Gasteiger partial charge on any atom is -0.447 e. The second-order valence-electron chi connectivity index (χ2n) is 14.7. The molecule has 3 amide bonds. The minimum atomic E-state index is -1.47. The maximum Gasteiger partial charge on any atom is 0.414 e. The van der Waals surface area contributed by atoms with E-state index in [9.17, 15) is 19.8 Å². The van der Waals surface area contributed by atoms with Crippen molar-refractivity contribution in [2.75, 3.05) is 41.0 Å². The first-order valence-electron chi connectivity index (χ1n) is 17.9. The monoisotopic (exact) mass is 722 g/mol. The van der Waals surface area contributed by atoms with Crippen LogP contribution in [0.4, 0.5) is 26.7 Å². The van der Waals surface area contributed by atoms with Crippen molar-refractivity contribution in [3.63, 3.8) is 0 Å². The summed E-state index contributed by atoms with van der Waals surface area (Å²) >= 11 is 0. The number of aromatic nitrogens is 3. The van der Waals surface area contributed by atoms with E-state index in [1.165, 1.54) is 0 Å². The fraction of sp³-hybridized carbons (Fsp3) is 0.410. The normalized spacial score (nSPS) is 24.7. The van der Waals surface area contributed by atoms with Crippen molar-refractivity contribution in [2.45, 2.75) is 63.7 Å². The molecule has 3 saturated heterocycles. The van der Waals surface area contributed by atoms with Crippen LogP contribution >= 0.6 is 0 Å². The second-order valence-corrected chi connectivity index (χ2v) is 14.7. The van der Waals surface area contributed by atoms with Gasteiger partial charge in [0.1, 0.15) is 25.0 Å². The largest absolute Gasteiger partial charge is 0.447 e. The Morgan fingerprint density at radius 2 is 1.58 bits per heavy atom. The van der Waals surface area contributed by atoms with Crippen LogP contribution in [0.1, 0.15) is 55.7 Å². The molecule has 4 aliphatic rings. The molecule has 5 heterocycles. The first-order valence-corrected chi connectivity index (χ1v) is 17.9. The van der Waals surface area contributed by atoms with Crippen molar-refractivity contribution >= 4 is 35.2 Å². The molecule has 276 valence electrons. The van der Waals surface area contributed by atoms with Gasteiger partial charge in [-0.05, 0) is 61.7 Å². The number of amides is 3. The third-order valence-corrected chi connectivity index (χ3v) is 11.0. The Kier molecular flexibility index (Phi) is 8.71. The number of aryl methyl sites for hydroxylation is 1. The predicted octanol–water partition coefficient (Wildman–Crippen LogP) is 4.53. The van der Waals surface area contributed by atoms with E-state index in [0.717, 1.165) is 5.56 Å². The first-order chi connectivity index (χ1) is 25.5. The lowest BCUT2D eigenvalue weighted by Crippen LogP contribution is -2.46. The quantitative estimate of drug-likeness (QED) is 0.238. The lowest BCUT2D eigenvalue weighted by atomic mass is 9.70. The summed E-state index contributed by atoms with van der Waals surface area (Å²) < 4.78 is 19.0. The van der Waals surface area contributed by atoms with Crippen molar-refractivity contribution in [1.29, 1.82) is 0 Å². The number of carbonyl (C=O) groups is 3. The molecule has 2 N–H and O–H groups in total. The number of nitrogens with zero attached hydrogens (tertiary/aromatic N) is 6. The Morgan fingerprint density at radius 1 is 0.925 bits per heavy atom. The molecule has 0 unspecified atom stereocenters. The Bertz CT molecular complexity index is 2030. The Labute approximate surface area is 306 Å². The molecule has 1 aromatic heterocycles. The molecule has 3 aromatic carbocycles. The highest BCUT2D eigenvalue weighted by atomic mass is 16.6. The number of benzene rings is 3. The Hall–Kier alpha value is -5.31. The van der Waals surface area contributed by atoms with Gasteiger partial charge in [0.25, 0.3) is 5.91 Å². The number of aliphatic hydroxyl groups is 2. The summed E-state index contributed by atoms with van der Waals surface area (Å²) in [5.74, 6) is -1.23. The third kappa shape index (κ3) is 6.00. The molecule has 1 spiro atoms. The van der Waals surface area contributed by atoms with Crippen LogP contribution in [-0.4, -0.2) is 81.3 Å². The van der Waals surface area contributed by atoms with E-state index in [1.807, 2.05) is 79.7 Å². The molecule has 0 radical (unpaired) electrons. The molecule has 5 atom stereocenters. The topological polar surface area (TPSA) is 160 Å². The lowest BCUT2D eigenvalue weighted by Gasteiger charge is -2.34. The molecule has 8 rings (SSSR count). The molecule has 0 bridgehead atoms. The summed E-state index contributed by atoms with van der Waals surface area (Å²) in [6.45, 7) is 7.44. The number of ether oxygens (including phenoxy) is 3. The standard InChI is InChI=1S/C39H42N6O8/c1-24-33(38(2,3)50)32(15-16-42-23-30(40-41-42)34(46)26-7-5-4-6-8-26)53-39(24)29-21-28(44-18-20-52-37(44)49)13-14-31(29)45(35(39)47)22-25-9-11-27(12-10-25)43-17-19-51-36(43)48/h4-14,21,23-24,32-34,46,50H,15-20,22H2,1-3H3/t24-,32+,33-,34+,39+/m0/s1. The first kappa shape index (κ1) is 34.8. The number of carbonyl (C=O) groups excluding carboxylic acids is 3. The molecule has 14 nitrogen and oxygen atoms in total. The van der Waals surface area contributed by atoms with E-state index in [2.05, 4.69) is 10.3 Å². The number of cyclic esters (lactones) is 2. The molecule has 0 aliphatic carbocycles. The third-order valence-electron chi connectivity index (χ3n) is 11.0. The van der Waals surface area contributed by atoms with E-state index in [4.69, 9.17) is 14.2 Å². The maximum absolute atomic E-state index is 15.0. The molecule has 14 heteroatoms. The average Bonchev–Trinajstić information content (AvgIpc) is 3.98. The zero-order chi connectivity index (χ0) is 37.1. The van der Waals surface area contributed by atoms with Crippen LogP contribution in [0, 0.1) is 11.8 Å². The molecular weight excluding hydrogens is 680 g/mol. The Balaban J connectivity index is 1.11. The number of aliphatic hydroxyl groups excluding tert-OH is 1. The Morgan fingerprint density at radius 3 is 2.23 bits per heavy atom. The molecule has 3 fully saturated rings. The molecule has 53 heavy (non-hydrogen) atoms. The predicted molar refractivity (Wildman–Crippen MR) is 192 cm³/mol. The highest BCUT2D eigenvalue weighted by molar-refractivity contribution is 6.08. The van der Waals surface area contributed by atoms with Gasteiger partial charge in [-0.1, -0.05) is 54.6 Å². The van der Waals surface area contributed by atoms with Crippen LogP contribution < -0.4 is 14.7 Å². The van der Waals surface area contributed by atoms with Gasteiger partial charge in [-0.2, -0.15) is 0 Å². The van der Waals surface area contributed by atoms with Gasteiger partial charge in [0.2, 0.25) is 0 Å². The van der Waals surface area contributed by atoms with Gasteiger partial charge in [0.15, 0.2) is 5.60 Å². The van der Waals surface area contributed by atoms with E-state index < -0.39 is 47.4 Å². The molecule has 4 aliphatic heterocycles. The summed E-state index contributed by atoms with van der Waals surface area (Å²) in [5, 5.41) is 31.0.